The maximum absolute atomic E-state index is 11.7. The largest absolute Gasteiger partial charge is 0.394 e. The molecule has 5 heteroatoms. The Balaban J connectivity index is 2.42. The van der Waals surface area contributed by atoms with Gasteiger partial charge in [0, 0.05) is 20.2 Å². The first kappa shape index (κ1) is 12.4. The number of morpholine rings is 1. The van der Waals surface area contributed by atoms with Gasteiger partial charge < -0.3 is 19.5 Å². The summed E-state index contributed by atoms with van der Waals surface area (Å²) in [6.07, 6.45) is 0.129. The summed E-state index contributed by atoms with van der Waals surface area (Å²) in [4.78, 5) is 13.4. The van der Waals surface area contributed by atoms with Crippen molar-refractivity contribution < 1.29 is 19.4 Å². The van der Waals surface area contributed by atoms with Crippen molar-refractivity contribution in [2.75, 3.05) is 33.4 Å². The highest BCUT2D eigenvalue weighted by atomic mass is 16.5. The highest BCUT2D eigenvalue weighted by Gasteiger charge is 2.27. The lowest BCUT2D eigenvalue weighted by molar-refractivity contribution is -0.147. The van der Waals surface area contributed by atoms with Crippen LogP contribution in [0.4, 0.5) is 0 Å². The predicted molar refractivity (Wildman–Crippen MR) is 54.5 cm³/mol. The molecular weight excluding hydrogens is 198 g/mol. The molecule has 15 heavy (non-hydrogen) atoms. The van der Waals surface area contributed by atoms with Gasteiger partial charge in [-0.15, -0.1) is 0 Å². The first-order chi connectivity index (χ1) is 7.17. The summed E-state index contributed by atoms with van der Waals surface area (Å²) < 4.78 is 10.3. The van der Waals surface area contributed by atoms with Crippen molar-refractivity contribution in [3.63, 3.8) is 0 Å². The molecule has 0 aliphatic carbocycles. The number of hydrogen-bond acceptors (Lipinski definition) is 4. The molecule has 1 aliphatic rings. The molecule has 2 atom stereocenters. The number of methoxy groups -OCH3 is 1. The van der Waals surface area contributed by atoms with Crippen LogP contribution in [0.5, 0.6) is 0 Å². The number of carbonyl (C=O) groups excluding carboxylic acids is 1. The Hall–Kier alpha value is -0.650. The van der Waals surface area contributed by atoms with Crippen molar-refractivity contribution in [2.45, 2.75) is 25.6 Å². The minimum absolute atomic E-state index is 0.0117. The van der Waals surface area contributed by atoms with Gasteiger partial charge in [0.15, 0.2) is 0 Å². The number of hydrogen-bond donors (Lipinski definition) is 1. The summed E-state index contributed by atoms with van der Waals surface area (Å²) in [6, 6.07) is 0. The molecule has 1 aliphatic heterocycles. The van der Waals surface area contributed by atoms with Gasteiger partial charge in [0.1, 0.15) is 0 Å². The van der Waals surface area contributed by atoms with Crippen LogP contribution >= 0.6 is 0 Å². The van der Waals surface area contributed by atoms with Gasteiger partial charge in [-0.3, -0.25) is 4.79 Å². The van der Waals surface area contributed by atoms with Gasteiger partial charge in [-0.25, -0.2) is 0 Å². The van der Waals surface area contributed by atoms with E-state index in [0.29, 0.717) is 26.1 Å². The van der Waals surface area contributed by atoms with Crippen LogP contribution in [0, 0.1) is 0 Å². The average molecular weight is 217 g/mol. The number of aliphatic hydroxyl groups excluding tert-OH is 1. The van der Waals surface area contributed by atoms with E-state index in [1.54, 1.807) is 12.0 Å². The number of aliphatic hydroxyl groups is 1. The second-order valence-electron chi connectivity index (χ2n) is 3.79. The number of nitrogens with zero attached hydrogens (tertiary/aromatic N) is 1. The van der Waals surface area contributed by atoms with E-state index in [2.05, 4.69) is 0 Å². The lowest BCUT2D eigenvalue weighted by atomic mass is 10.2. The Bertz CT molecular complexity index is 210. The summed E-state index contributed by atoms with van der Waals surface area (Å²) in [7, 11) is 1.58. The molecule has 88 valence electrons. The standard InChI is InChI=1S/C10H19NO4/c1-8-5-11(6-9(7-12)15-8)10(13)3-4-14-2/h8-9,12H,3-7H2,1-2H3. The Kier molecular flexibility index (Phi) is 5.01. The van der Waals surface area contributed by atoms with Crippen LogP contribution in [-0.4, -0.2) is 61.5 Å². The van der Waals surface area contributed by atoms with Gasteiger partial charge >= 0.3 is 0 Å². The van der Waals surface area contributed by atoms with E-state index in [4.69, 9.17) is 14.6 Å². The fraction of sp³-hybridized carbons (Fsp3) is 0.900. The van der Waals surface area contributed by atoms with Crippen LogP contribution in [0.1, 0.15) is 13.3 Å². The van der Waals surface area contributed by atoms with Crippen molar-refractivity contribution in [3.8, 4) is 0 Å². The highest BCUT2D eigenvalue weighted by Crippen LogP contribution is 2.11. The molecule has 1 amide bonds. The number of rotatable bonds is 4. The molecule has 1 rings (SSSR count). The monoisotopic (exact) mass is 217 g/mol. The van der Waals surface area contributed by atoms with Crippen LogP contribution in [0.2, 0.25) is 0 Å². The molecule has 0 radical (unpaired) electrons. The van der Waals surface area contributed by atoms with Gasteiger partial charge in [-0.1, -0.05) is 0 Å². The topological polar surface area (TPSA) is 59.0 Å². The predicted octanol–water partition coefficient (Wildman–Crippen LogP) is -0.369. The van der Waals surface area contributed by atoms with E-state index >= 15 is 0 Å². The fourth-order valence-electron chi connectivity index (χ4n) is 1.70. The zero-order valence-corrected chi connectivity index (χ0v) is 9.31. The van der Waals surface area contributed by atoms with Gasteiger partial charge in [0.25, 0.3) is 0 Å². The van der Waals surface area contributed by atoms with Crippen LogP contribution in [-0.2, 0) is 14.3 Å². The molecule has 5 nitrogen and oxygen atoms in total. The molecule has 1 fully saturated rings. The smallest absolute Gasteiger partial charge is 0.225 e. The first-order valence-corrected chi connectivity index (χ1v) is 5.20. The third-order valence-electron chi connectivity index (χ3n) is 2.40. The molecule has 0 bridgehead atoms. The van der Waals surface area contributed by atoms with Crippen LogP contribution in [0.3, 0.4) is 0 Å². The third-order valence-corrected chi connectivity index (χ3v) is 2.40. The van der Waals surface area contributed by atoms with Crippen LogP contribution in [0.15, 0.2) is 0 Å². The zero-order valence-electron chi connectivity index (χ0n) is 9.31. The highest BCUT2D eigenvalue weighted by molar-refractivity contribution is 5.76. The Morgan fingerprint density at radius 2 is 2.33 bits per heavy atom. The Labute approximate surface area is 90.0 Å². The van der Waals surface area contributed by atoms with Crippen molar-refractivity contribution >= 4 is 5.91 Å². The number of amides is 1. The van der Waals surface area contributed by atoms with Gasteiger partial charge in [-0.2, -0.15) is 0 Å². The van der Waals surface area contributed by atoms with Crippen molar-refractivity contribution in [1.82, 2.24) is 4.90 Å². The fourth-order valence-corrected chi connectivity index (χ4v) is 1.70. The minimum Gasteiger partial charge on any atom is -0.394 e. The maximum Gasteiger partial charge on any atom is 0.225 e. The van der Waals surface area contributed by atoms with E-state index in [-0.39, 0.29) is 24.7 Å². The molecular formula is C10H19NO4. The van der Waals surface area contributed by atoms with Gasteiger partial charge in [-0.05, 0) is 6.92 Å². The summed E-state index contributed by atoms with van der Waals surface area (Å²) in [5.74, 6) is 0.0606. The minimum atomic E-state index is -0.250. The molecule has 0 spiro atoms. The molecule has 1 N–H and O–H groups in total. The quantitative estimate of drug-likeness (QED) is 0.698. The van der Waals surface area contributed by atoms with E-state index < -0.39 is 0 Å². The zero-order chi connectivity index (χ0) is 11.3. The van der Waals surface area contributed by atoms with Crippen molar-refractivity contribution in [1.29, 1.82) is 0 Å². The molecule has 0 aromatic carbocycles. The molecule has 0 aromatic rings. The molecule has 1 heterocycles. The Morgan fingerprint density at radius 1 is 1.60 bits per heavy atom. The Morgan fingerprint density at radius 3 is 2.93 bits per heavy atom. The maximum atomic E-state index is 11.7. The van der Waals surface area contributed by atoms with Crippen LogP contribution in [0.25, 0.3) is 0 Å². The normalized spacial score (nSPS) is 26.7. The summed E-state index contributed by atoms with van der Waals surface area (Å²) in [5, 5.41) is 9.00. The first-order valence-electron chi connectivity index (χ1n) is 5.20. The second kappa shape index (κ2) is 6.05. The van der Waals surface area contributed by atoms with E-state index in [1.165, 1.54) is 0 Å². The molecule has 1 saturated heterocycles. The molecule has 0 aromatic heterocycles. The van der Waals surface area contributed by atoms with E-state index in [9.17, 15) is 4.79 Å². The van der Waals surface area contributed by atoms with Crippen molar-refractivity contribution in [2.24, 2.45) is 0 Å². The number of ether oxygens (including phenoxy) is 2. The second-order valence-corrected chi connectivity index (χ2v) is 3.79. The van der Waals surface area contributed by atoms with Crippen molar-refractivity contribution in [3.05, 3.63) is 0 Å². The molecule has 0 saturated carbocycles. The van der Waals surface area contributed by atoms with E-state index in [1.807, 2.05) is 6.92 Å². The lowest BCUT2D eigenvalue weighted by Crippen LogP contribution is -2.50. The third kappa shape index (κ3) is 3.77. The van der Waals surface area contributed by atoms with Gasteiger partial charge in [0.2, 0.25) is 5.91 Å². The number of carbonyl (C=O) groups is 1. The molecule has 2 unspecified atom stereocenters. The summed E-state index contributed by atoms with van der Waals surface area (Å²) >= 11 is 0. The lowest BCUT2D eigenvalue weighted by Gasteiger charge is -2.36. The SMILES string of the molecule is COCCC(=O)N1CC(C)OC(CO)C1. The van der Waals surface area contributed by atoms with E-state index in [0.717, 1.165) is 0 Å². The average Bonchev–Trinajstić information content (AvgIpc) is 2.24. The summed E-state index contributed by atoms with van der Waals surface area (Å²) in [6.45, 7) is 3.37. The summed E-state index contributed by atoms with van der Waals surface area (Å²) in [5.41, 5.74) is 0. The van der Waals surface area contributed by atoms with Crippen LogP contribution < -0.4 is 0 Å². The van der Waals surface area contributed by atoms with Gasteiger partial charge in [0.05, 0.1) is 31.8 Å².